The quantitative estimate of drug-likeness (QED) is 0.769. The molecule has 2 unspecified atom stereocenters. The number of hydrogen-bond acceptors (Lipinski definition) is 6. The zero-order valence-electron chi connectivity index (χ0n) is 13.3. The zero-order valence-corrected chi connectivity index (χ0v) is 13.3. The third-order valence-corrected chi connectivity index (χ3v) is 4.19. The van der Waals surface area contributed by atoms with Crippen LogP contribution in [0.4, 0.5) is 0 Å². The van der Waals surface area contributed by atoms with Crippen molar-refractivity contribution in [3.05, 3.63) is 66.1 Å². The summed E-state index contributed by atoms with van der Waals surface area (Å²) in [7, 11) is 1.63. The minimum atomic E-state index is -0.0221. The maximum atomic E-state index is 5.47. The molecule has 3 aromatic rings. The van der Waals surface area contributed by atoms with Gasteiger partial charge in [0.2, 0.25) is 11.7 Å². The second-order valence-electron chi connectivity index (χ2n) is 5.70. The van der Waals surface area contributed by atoms with Gasteiger partial charge < -0.3 is 9.26 Å². The second kappa shape index (κ2) is 6.43. The van der Waals surface area contributed by atoms with Crippen molar-refractivity contribution in [1.82, 2.24) is 21.0 Å². The van der Waals surface area contributed by atoms with E-state index in [-0.39, 0.29) is 12.1 Å². The van der Waals surface area contributed by atoms with Gasteiger partial charge in [-0.2, -0.15) is 4.98 Å². The van der Waals surface area contributed by atoms with Gasteiger partial charge in [0.15, 0.2) is 0 Å². The molecule has 2 N–H and O–H groups in total. The molecule has 1 fully saturated rings. The molecule has 2 atom stereocenters. The fraction of sp³-hybridized carbons (Fsp3) is 0.222. The van der Waals surface area contributed by atoms with Crippen molar-refractivity contribution < 1.29 is 9.26 Å². The average molecular weight is 322 g/mol. The molecular weight excluding hydrogens is 304 g/mol. The molecule has 6 nitrogen and oxygen atoms in total. The molecule has 1 aromatic heterocycles. The minimum absolute atomic E-state index is 0.0221. The highest BCUT2D eigenvalue weighted by molar-refractivity contribution is 5.63. The Bertz CT molecular complexity index is 819. The summed E-state index contributed by atoms with van der Waals surface area (Å²) in [6.07, 6.45) is 0.845. The Balaban J connectivity index is 1.54. The average Bonchev–Trinajstić information content (AvgIpc) is 3.32. The molecule has 0 radical (unpaired) electrons. The number of methoxy groups -OCH3 is 1. The number of benzene rings is 2. The molecule has 6 heteroatoms. The van der Waals surface area contributed by atoms with Crippen molar-refractivity contribution in [2.24, 2.45) is 0 Å². The highest BCUT2D eigenvalue weighted by Crippen LogP contribution is 2.32. The van der Waals surface area contributed by atoms with E-state index in [0.717, 1.165) is 17.7 Å². The van der Waals surface area contributed by atoms with Crippen LogP contribution in [0.15, 0.2) is 59.1 Å². The maximum Gasteiger partial charge on any atom is 0.245 e. The first kappa shape index (κ1) is 14.9. The molecule has 1 aliphatic heterocycles. The van der Waals surface area contributed by atoms with Crippen molar-refractivity contribution in [3.63, 3.8) is 0 Å². The molecule has 24 heavy (non-hydrogen) atoms. The van der Waals surface area contributed by atoms with Gasteiger partial charge in [0, 0.05) is 6.04 Å². The van der Waals surface area contributed by atoms with Gasteiger partial charge in [0.1, 0.15) is 11.8 Å². The molecular formula is C18H18N4O2. The summed E-state index contributed by atoms with van der Waals surface area (Å²) in [6.45, 7) is 0. The molecule has 0 spiro atoms. The maximum absolute atomic E-state index is 5.47. The minimum Gasteiger partial charge on any atom is -0.496 e. The lowest BCUT2D eigenvalue weighted by molar-refractivity contribution is 0.339. The van der Waals surface area contributed by atoms with Crippen molar-refractivity contribution in [3.8, 4) is 17.1 Å². The van der Waals surface area contributed by atoms with Gasteiger partial charge in [0.25, 0.3) is 0 Å². The number of hydrogen-bond donors (Lipinski definition) is 2. The summed E-state index contributed by atoms with van der Waals surface area (Å²) >= 11 is 0. The van der Waals surface area contributed by atoms with Gasteiger partial charge in [0.05, 0.1) is 12.7 Å². The predicted molar refractivity (Wildman–Crippen MR) is 89.1 cm³/mol. The lowest BCUT2D eigenvalue weighted by Gasteiger charge is -2.08. The van der Waals surface area contributed by atoms with Crippen LogP contribution in [0.5, 0.6) is 5.75 Å². The van der Waals surface area contributed by atoms with Crippen LogP contribution in [-0.2, 0) is 0 Å². The van der Waals surface area contributed by atoms with E-state index >= 15 is 0 Å². The summed E-state index contributed by atoms with van der Waals surface area (Å²) < 4.78 is 10.8. The van der Waals surface area contributed by atoms with Gasteiger partial charge in [-0.3, -0.25) is 0 Å². The second-order valence-corrected chi connectivity index (χ2v) is 5.70. The Labute approximate surface area is 139 Å². The lowest BCUT2D eigenvalue weighted by Crippen LogP contribution is -2.26. The van der Waals surface area contributed by atoms with E-state index in [4.69, 9.17) is 9.26 Å². The van der Waals surface area contributed by atoms with Crippen LogP contribution in [-0.4, -0.2) is 17.3 Å². The molecule has 122 valence electrons. The molecule has 0 bridgehead atoms. The SMILES string of the molecule is COc1ccccc1-c1noc(C2CC(c3ccccc3)NN2)n1. The summed E-state index contributed by atoms with van der Waals surface area (Å²) in [6, 6.07) is 18.1. The number of para-hydroxylation sites is 1. The van der Waals surface area contributed by atoms with Crippen LogP contribution in [0, 0.1) is 0 Å². The molecule has 0 saturated carbocycles. The van der Waals surface area contributed by atoms with Crippen molar-refractivity contribution in [2.45, 2.75) is 18.5 Å². The monoisotopic (exact) mass is 322 g/mol. The zero-order chi connectivity index (χ0) is 16.4. The lowest BCUT2D eigenvalue weighted by atomic mass is 10.0. The van der Waals surface area contributed by atoms with E-state index in [0.29, 0.717) is 11.7 Å². The fourth-order valence-corrected chi connectivity index (χ4v) is 2.94. The van der Waals surface area contributed by atoms with E-state index < -0.39 is 0 Å². The number of nitrogens with zero attached hydrogens (tertiary/aromatic N) is 2. The smallest absolute Gasteiger partial charge is 0.245 e. The number of hydrazine groups is 1. The molecule has 1 aliphatic rings. The summed E-state index contributed by atoms with van der Waals surface area (Å²) in [5.41, 5.74) is 8.58. The largest absolute Gasteiger partial charge is 0.496 e. The van der Waals surface area contributed by atoms with Gasteiger partial charge in [-0.05, 0) is 24.1 Å². The summed E-state index contributed by atoms with van der Waals surface area (Å²) in [4.78, 5) is 4.54. The molecule has 1 saturated heterocycles. The first-order valence-electron chi connectivity index (χ1n) is 7.88. The normalized spacial score (nSPS) is 20.2. The summed E-state index contributed by atoms with van der Waals surface area (Å²) in [5, 5.41) is 4.10. The van der Waals surface area contributed by atoms with Crippen molar-refractivity contribution in [1.29, 1.82) is 0 Å². The Kier molecular flexibility index (Phi) is 3.98. The van der Waals surface area contributed by atoms with Crippen LogP contribution < -0.4 is 15.6 Å². The Morgan fingerprint density at radius 2 is 1.75 bits per heavy atom. The van der Waals surface area contributed by atoms with Crippen LogP contribution in [0.3, 0.4) is 0 Å². The number of rotatable bonds is 4. The molecule has 0 amide bonds. The van der Waals surface area contributed by atoms with Crippen LogP contribution in [0.2, 0.25) is 0 Å². The van der Waals surface area contributed by atoms with Gasteiger partial charge in [-0.1, -0.05) is 47.6 Å². The highest BCUT2D eigenvalue weighted by atomic mass is 16.5. The topological polar surface area (TPSA) is 72.2 Å². The van der Waals surface area contributed by atoms with E-state index in [1.807, 2.05) is 42.5 Å². The van der Waals surface area contributed by atoms with Crippen LogP contribution in [0.1, 0.15) is 30.0 Å². The van der Waals surface area contributed by atoms with Crippen molar-refractivity contribution in [2.75, 3.05) is 7.11 Å². The number of aromatic nitrogens is 2. The molecule has 0 aliphatic carbocycles. The number of nitrogens with one attached hydrogen (secondary N) is 2. The molecule has 2 heterocycles. The predicted octanol–water partition coefficient (Wildman–Crippen LogP) is 3.03. The van der Waals surface area contributed by atoms with E-state index in [9.17, 15) is 0 Å². The number of ether oxygens (including phenoxy) is 1. The van der Waals surface area contributed by atoms with Crippen LogP contribution >= 0.6 is 0 Å². The Hall–Kier alpha value is -2.70. The van der Waals surface area contributed by atoms with Gasteiger partial charge in [-0.15, -0.1) is 0 Å². The highest BCUT2D eigenvalue weighted by Gasteiger charge is 2.30. The van der Waals surface area contributed by atoms with E-state index in [1.54, 1.807) is 7.11 Å². The van der Waals surface area contributed by atoms with E-state index in [1.165, 1.54) is 5.56 Å². The fourth-order valence-electron chi connectivity index (χ4n) is 2.94. The Morgan fingerprint density at radius 3 is 2.58 bits per heavy atom. The third-order valence-electron chi connectivity index (χ3n) is 4.19. The van der Waals surface area contributed by atoms with E-state index in [2.05, 4.69) is 33.1 Å². The molecule has 4 rings (SSSR count). The Morgan fingerprint density at radius 1 is 1.00 bits per heavy atom. The third kappa shape index (κ3) is 2.77. The van der Waals surface area contributed by atoms with Crippen LogP contribution in [0.25, 0.3) is 11.4 Å². The van der Waals surface area contributed by atoms with Crippen molar-refractivity contribution >= 4 is 0 Å². The molecule has 2 aromatic carbocycles. The standard InChI is InChI=1S/C18H18N4O2/c1-23-16-10-6-5-9-13(16)17-19-18(24-22-17)15-11-14(20-21-15)12-7-3-2-4-8-12/h2-10,14-15,20-21H,11H2,1H3. The van der Waals surface area contributed by atoms with Gasteiger partial charge >= 0.3 is 0 Å². The van der Waals surface area contributed by atoms with Gasteiger partial charge in [-0.25, -0.2) is 10.9 Å². The first-order valence-corrected chi connectivity index (χ1v) is 7.88. The summed E-state index contributed by atoms with van der Waals surface area (Å²) in [5.74, 6) is 1.83. The first-order chi connectivity index (χ1) is 11.8.